The lowest BCUT2D eigenvalue weighted by Crippen LogP contribution is -2.40. The lowest BCUT2D eigenvalue weighted by Gasteiger charge is -2.28. The van der Waals surface area contributed by atoms with Gasteiger partial charge in [-0.2, -0.15) is 0 Å². The molecule has 0 atom stereocenters. The zero-order valence-electron chi connectivity index (χ0n) is 12.2. The van der Waals surface area contributed by atoms with Crippen LogP contribution in [0.3, 0.4) is 0 Å². The van der Waals surface area contributed by atoms with E-state index < -0.39 is 0 Å². The Hall–Kier alpha value is -1.13. The molecule has 1 aromatic rings. The monoisotopic (exact) mass is 292 g/mol. The molecule has 0 saturated heterocycles. The van der Waals surface area contributed by atoms with Crippen LogP contribution < -0.4 is 10.5 Å². The molecule has 0 radical (unpaired) electrons. The standard InChI is InChI=1S/C16H24N2OS/c1-19-15-8-6-13(7-9-15)10-11-18(12-16(17)20)14-4-2-3-5-14/h6-9,14H,2-5,10-12H2,1H3,(H2,17,20). The summed E-state index contributed by atoms with van der Waals surface area (Å²) in [4.78, 5) is 3.06. The van der Waals surface area contributed by atoms with E-state index in [2.05, 4.69) is 17.0 Å². The average Bonchev–Trinajstić information content (AvgIpc) is 2.97. The first-order valence-corrected chi connectivity index (χ1v) is 7.75. The largest absolute Gasteiger partial charge is 0.497 e. The molecule has 1 aliphatic rings. The molecule has 0 bridgehead atoms. The fourth-order valence-electron chi connectivity index (χ4n) is 2.93. The summed E-state index contributed by atoms with van der Waals surface area (Å²) in [5.74, 6) is 0.907. The fraction of sp³-hybridized carbons (Fsp3) is 0.562. The number of thiocarbonyl (C=S) groups is 1. The first-order chi connectivity index (χ1) is 9.69. The maximum atomic E-state index is 5.74. The van der Waals surface area contributed by atoms with Crippen molar-refractivity contribution in [3.8, 4) is 5.75 Å². The summed E-state index contributed by atoms with van der Waals surface area (Å²) in [6, 6.07) is 8.96. The number of ether oxygens (including phenoxy) is 1. The molecule has 0 heterocycles. The number of rotatable bonds is 7. The highest BCUT2D eigenvalue weighted by molar-refractivity contribution is 7.80. The van der Waals surface area contributed by atoms with E-state index in [0.29, 0.717) is 11.0 Å². The molecule has 1 aliphatic carbocycles. The van der Waals surface area contributed by atoms with Crippen molar-refractivity contribution in [2.75, 3.05) is 20.2 Å². The third-order valence-corrected chi connectivity index (χ3v) is 4.18. The van der Waals surface area contributed by atoms with Gasteiger partial charge in [0.2, 0.25) is 0 Å². The zero-order valence-corrected chi connectivity index (χ0v) is 13.0. The first-order valence-electron chi connectivity index (χ1n) is 7.34. The molecule has 0 amide bonds. The van der Waals surface area contributed by atoms with Gasteiger partial charge in [0.05, 0.1) is 12.1 Å². The van der Waals surface area contributed by atoms with Crippen LogP contribution in [0.2, 0.25) is 0 Å². The molecular formula is C16H24N2OS. The van der Waals surface area contributed by atoms with Crippen LogP contribution in [-0.2, 0) is 6.42 Å². The van der Waals surface area contributed by atoms with Gasteiger partial charge in [-0.25, -0.2) is 0 Å². The van der Waals surface area contributed by atoms with E-state index in [0.717, 1.165) is 25.3 Å². The molecule has 0 unspecified atom stereocenters. The Kier molecular flexibility index (Phi) is 5.80. The smallest absolute Gasteiger partial charge is 0.118 e. The minimum atomic E-state index is 0.603. The Balaban J connectivity index is 1.91. The molecule has 0 aromatic heterocycles. The molecule has 0 aliphatic heterocycles. The summed E-state index contributed by atoms with van der Waals surface area (Å²) in [6.45, 7) is 1.77. The minimum Gasteiger partial charge on any atom is -0.497 e. The van der Waals surface area contributed by atoms with E-state index in [1.54, 1.807) is 7.11 Å². The summed E-state index contributed by atoms with van der Waals surface area (Å²) in [5.41, 5.74) is 7.07. The second-order valence-corrected chi connectivity index (χ2v) is 6.00. The van der Waals surface area contributed by atoms with Crippen LogP contribution in [0, 0.1) is 0 Å². The highest BCUT2D eigenvalue weighted by atomic mass is 32.1. The van der Waals surface area contributed by atoms with Gasteiger partial charge in [-0.05, 0) is 37.0 Å². The van der Waals surface area contributed by atoms with Crippen molar-refractivity contribution < 1.29 is 4.74 Å². The topological polar surface area (TPSA) is 38.5 Å². The predicted molar refractivity (Wildman–Crippen MR) is 87.3 cm³/mol. The van der Waals surface area contributed by atoms with Gasteiger partial charge >= 0.3 is 0 Å². The third kappa shape index (κ3) is 4.46. The Bertz CT molecular complexity index is 427. The predicted octanol–water partition coefficient (Wildman–Crippen LogP) is 2.77. The van der Waals surface area contributed by atoms with Crippen molar-refractivity contribution >= 4 is 17.2 Å². The number of nitrogens with two attached hydrogens (primary N) is 1. The van der Waals surface area contributed by atoms with Gasteiger partial charge in [0.15, 0.2) is 0 Å². The molecule has 20 heavy (non-hydrogen) atoms. The van der Waals surface area contributed by atoms with Gasteiger partial charge in [0.25, 0.3) is 0 Å². The first kappa shape index (κ1) is 15.3. The van der Waals surface area contributed by atoms with Crippen LogP contribution in [-0.4, -0.2) is 36.1 Å². The molecule has 110 valence electrons. The normalized spacial score (nSPS) is 15.7. The van der Waals surface area contributed by atoms with Crippen LogP contribution in [0.5, 0.6) is 5.75 Å². The summed E-state index contributed by atoms with van der Waals surface area (Å²) < 4.78 is 5.18. The lowest BCUT2D eigenvalue weighted by molar-refractivity contribution is 0.230. The van der Waals surface area contributed by atoms with Crippen molar-refractivity contribution in [2.24, 2.45) is 5.73 Å². The zero-order chi connectivity index (χ0) is 14.4. The SMILES string of the molecule is COc1ccc(CCN(CC(N)=S)C2CCCC2)cc1. The Labute approximate surface area is 127 Å². The molecule has 0 spiro atoms. The summed E-state index contributed by atoms with van der Waals surface area (Å²) in [5, 5.41) is 0. The van der Waals surface area contributed by atoms with Crippen molar-refractivity contribution in [1.82, 2.24) is 4.90 Å². The highest BCUT2D eigenvalue weighted by Crippen LogP contribution is 2.23. The molecule has 4 heteroatoms. The second-order valence-electron chi connectivity index (χ2n) is 5.47. The Morgan fingerprint density at radius 2 is 1.95 bits per heavy atom. The maximum Gasteiger partial charge on any atom is 0.118 e. The van der Waals surface area contributed by atoms with E-state index in [9.17, 15) is 0 Å². The Morgan fingerprint density at radius 3 is 2.50 bits per heavy atom. The van der Waals surface area contributed by atoms with Crippen LogP contribution in [0.1, 0.15) is 31.2 Å². The van der Waals surface area contributed by atoms with Crippen LogP contribution >= 0.6 is 12.2 Å². The number of hydrogen-bond acceptors (Lipinski definition) is 3. The van der Waals surface area contributed by atoms with Crippen molar-refractivity contribution in [3.63, 3.8) is 0 Å². The van der Waals surface area contributed by atoms with Crippen molar-refractivity contribution in [3.05, 3.63) is 29.8 Å². The second kappa shape index (κ2) is 7.60. The van der Waals surface area contributed by atoms with E-state index >= 15 is 0 Å². The molecule has 1 saturated carbocycles. The van der Waals surface area contributed by atoms with E-state index in [4.69, 9.17) is 22.7 Å². The van der Waals surface area contributed by atoms with Gasteiger partial charge in [0.1, 0.15) is 5.75 Å². The fourth-order valence-corrected chi connectivity index (χ4v) is 3.09. The van der Waals surface area contributed by atoms with E-state index in [-0.39, 0.29) is 0 Å². The lowest BCUT2D eigenvalue weighted by atomic mass is 10.1. The summed E-state index contributed by atoms with van der Waals surface area (Å²) >= 11 is 5.09. The van der Waals surface area contributed by atoms with Gasteiger partial charge in [-0.3, -0.25) is 4.90 Å². The van der Waals surface area contributed by atoms with E-state index in [1.807, 2.05) is 12.1 Å². The molecule has 1 fully saturated rings. The molecule has 3 nitrogen and oxygen atoms in total. The average molecular weight is 292 g/mol. The van der Waals surface area contributed by atoms with E-state index in [1.165, 1.54) is 31.2 Å². The van der Waals surface area contributed by atoms with Crippen LogP contribution in [0.4, 0.5) is 0 Å². The number of benzene rings is 1. The van der Waals surface area contributed by atoms with Gasteiger partial charge < -0.3 is 10.5 Å². The van der Waals surface area contributed by atoms with Crippen LogP contribution in [0.15, 0.2) is 24.3 Å². The Morgan fingerprint density at radius 1 is 1.30 bits per heavy atom. The molecule has 2 rings (SSSR count). The minimum absolute atomic E-state index is 0.603. The number of methoxy groups -OCH3 is 1. The van der Waals surface area contributed by atoms with Gasteiger partial charge in [0, 0.05) is 19.1 Å². The quantitative estimate of drug-likeness (QED) is 0.784. The third-order valence-electron chi connectivity index (χ3n) is 4.05. The summed E-state index contributed by atoms with van der Waals surface area (Å²) in [7, 11) is 1.69. The number of hydrogen-bond donors (Lipinski definition) is 1. The van der Waals surface area contributed by atoms with Gasteiger partial charge in [-0.15, -0.1) is 0 Å². The van der Waals surface area contributed by atoms with Crippen LogP contribution in [0.25, 0.3) is 0 Å². The summed E-state index contributed by atoms with van der Waals surface area (Å²) in [6.07, 6.45) is 6.27. The highest BCUT2D eigenvalue weighted by Gasteiger charge is 2.22. The molecule has 1 aromatic carbocycles. The number of nitrogens with zero attached hydrogens (tertiary/aromatic N) is 1. The van der Waals surface area contributed by atoms with Gasteiger partial charge in [-0.1, -0.05) is 37.2 Å². The maximum absolute atomic E-state index is 5.74. The molecular weight excluding hydrogens is 268 g/mol. The van der Waals surface area contributed by atoms with Crippen molar-refractivity contribution in [2.45, 2.75) is 38.1 Å². The molecule has 2 N–H and O–H groups in total. The van der Waals surface area contributed by atoms with Crippen molar-refractivity contribution in [1.29, 1.82) is 0 Å².